The first-order valence-electron chi connectivity index (χ1n) is 1.40. The van der Waals surface area contributed by atoms with Crippen molar-refractivity contribution in [3.05, 3.63) is 10.7 Å². The third kappa shape index (κ3) is 4.88. The van der Waals surface area contributed by atoms with Crippen molar-refractivity contribution < 1.29 is 34.3 Å². The van der Waals surface area contributed by atoms with E-state index in [2.05, 4.69) is 26.8 Å². The van der Waals surface area contributed by atoms with Crippen LogP contribution in [0.2, 0.25) is 5.32 Å². The van der Waals surface area contributed by atoms with Crippen molar-refractivity contribution in [2.45, 2.75) is 5.32 Å². The molecule has 0 aromatic heterocycles. The van der Waals surface area contributed by atoms with Gasteiger partial charge in [0.1, 0.15) is 0 Å². The molecule has 0 bridgehead atoms. The summed E-state index contributed by atoms with van der Waals surface area (Å²) >= 11 is 4.87. The van der Waals surface area contributed by atoms with E-state index < -0.39 is 0 Å². The maximum atomic E-state index is 3.61. The van der Waals surface area contributed by atoms with E-state index >= 15 is 0 Å². The maximum absolute atomic E-state index is 3.61. The Bertz CT molecular complexity index is 33.9. The average molecular weight is 161 g/mol. The fraction of sp³-hybridized carbons (Fsp3) is 0.333. The molecule has 0 aliphatic heterocycles. The van der Waals surface area contributed by atoms with Crippen LogP contribution in [-0.4, -0.2) is 0 Å². The molecule has 0 unspecified atom stereocenters. The molecular formula is C3H4FeZn. The summed E-state index contributed by atoms with van der Waals surface area (Å²) in [5, 5.41) is 0.944. The van der Waals surface area contributed by atoms with E-state index in [9.17, 15) is 0 Å². The molecule has 0 amide bonds. The van der Waals surface area contributed by atoms with Crippen LogP contribution in [0.15, 0.2) is 10.7 Å². The molecule has 0 saturated carbocycles. The Morgan fingerprint density at radius 2 is 2.40 bits per heavy atom. The Kier molecular flexibility index (Phi) is 5.75. The van der Waals surface area contributed by atoms with Gasteiger partial charge in [-0.1, -0.05) is 0 Å². The van der Waals surface area contributed by atoms with Gasteiger partial charge in [0.25, 0.3) is 0 Å². The van der Waals surface area contributed by atoms with E-state index in [0.717, 1.165) is 5.32 Å². The van der Waals surface area contributed by atoms with Gasteiger partial charge in [-0.25, -0.2) is 0 Å². The van der Waals surface area contributed by atoms with Crippen molar-refractivity contribution >= 4 is 0 Å². The number of hydrogen-bond donors (Lipinski definition) is 0. The zero-order valence-electron chi connectivity index (χ0n) is 2.92. The fourth-order valence-electron chi connectivity index (χ4n) is 0.0589. The molecule has 0 radical (unpaired) electrons. The first-order valence-corrected chi connectivity index (χ1v) is 3.89. The SMILES string of the molecule is [Fe][CH2]C=[CH][Zn]. The average Bonchev–Trinajstić information content (AvgIpc) is 1.41. The summed E-state index contributed by atoms with van der Waals surface area (Å²) in [4.78, 5) is 0. The van der Waals surface area contributed by atoms with Crippen LogP contribution < -0.4 is 0 Å². The van der Waals surface area contributed by atoms with Gasteiger partial charge in [-0.2, -0.15) is 0 Å². The molecule has 0 saturated heterocycles. The molecule has 0 rings (SSSR count). The molecule has 0 spiro atoms. The number of allylic oxidation sites excluding steroid dienone is 1. The summed E-state index contributed by atoms with van der Waals surface area (Å²) in [6, 6.07) is 0. The Morgan fingerprint density at radius 3 is 2.40 bits per heavy atom. The van der Waals surface area contributed by atoms with Gasteiger partial charge in [0.2, 0.25) is 0 Å². The Hall–Kier alpha value is 0.883. The minimum atomic E-state index is 0.944. The summed E-state index contributed by atoms with van der Waals surface area (Å²) in [5.74, 6) is 0. The normalized spacial score (nSPS) is 10.2. The van der Waals surface area contributed by atoms with Gasteiger partial charge in [-0.15, -0.1) is 0 Å². The van der Waals surface area contributed by atoms with Crippen LogP contribution in [0.3, 0.4) is 0 Å². The molecule has 0 aromatic rings. The second kappa shape index (κ2) is 4.88. The van der Waals surface area contributed by atoms with E-state index in [1.165, 1.54) is 18.3 Å². The molecule has 0 aliphatic rings. The van der Waals surface area contributed by atoms with E-state index in [1.54, 1.807) is 0 Å². The number of hydrogen-bond acceptors (Lipinski definition) is 0. The monoisotopic (exact) mass is 160 g/mol. The third-order valence-corrected chi connectivity index (χ3v) is 1.21. The molecule has 2 heteroatoms. The molecule has 0 fully saturated rings. The topological polar surface area (TPSA) is 0 Å². The third-order valence-electron chi connectivity index (χ3n) is 0.250. The van der Waals surface area contributed by atoms with Crippen molar-refractivity contribution in [2.24, 2.45) is 0 Å². The summed E-state index contributed by atoms with van der Waals surface area (Å²) in [6.45, 7) is 0. The molecular weight excluding hydrogens is 157 g/mol. The Balaban J connectivity index is 2.62. The molecule has 5 heavy (non-hydrogen) atoms. The molecule has 0 heterocycles. The van der Waals surface area contributed by atoms with Crippen LogP contribution in [0.25, 0.3) is 0 Å². The van der Waals surface area contributed by atoms with Gasteiger partial charge in [0.15, 0.2) is 0 Å². The van der Waals surface area contributed by atoms with Crippen LogP contribution >= 0.6 is 0 Å². The second-order valence-electron chi connectivity index (χ2n) is 0.616. The van der Waals surface area contributed by atoms with Gasteiger partial charge in [0.05, 0.1) is 0 Å². The zero-order valence-corrected chi connectivity index (χ0v) is 6.99. The van der Waals surface area contributed by atoms with Crippen LogP contribution in [0.4, 0.5) is 0 Å². The number of rotatable bonds is 1. The van der Waals surface area contributed by atoms with E-state index in [4.69, 9.17) is 0 Å². The minimum absolute atomic E-state index is 0.944. The van der Waals surface area contributed by atoms with E-state index in [0.29, 0.717) is 0 Å². The molecule has 0 atom stereocenters. The Morgan fingerprint density at radius 1 is 1.80 bits per heavy atom. The standard InChI is InChI=1S/C3H4.Fe.Zn/c1-3-2;;/h1,3H,2H2;;. The van der Waals surface area contributed by atoms with Crippen LogP contribution in [-0.2, 0) is 34.3 Å². The first-order chi connectivity index (χ1) is 2.41. The van der Waals surface area contributed by atoms with Crippen molar-refractivity contribution in [3.8, 4) is 0 Å². The predicted molar refractivity (Wildman–Crippen MR) is 13.9 cm³/mol. The molecule has 0 aromatic carbocycles. The molecule has 26 valence electrons. The fourth-order valence-corrected chi connectivity index (χ4v) is 1.26. The van der Waals surface area contributed by atoms with Crippen LogP contribution in [0, 0.1) is 0 Å². The van der Waals surface area contributed by atoms with Crippen LogP contribution in [0.5, 0.6) is 0 Å². The summed E-state index contributed by atoms with van der Waals surface area (Å²) in [5.41, 5.74) is 0. The van der Waals surface area contributed by atoms with Crippen molar-refractivity contribution in [1.29, 1.82) is 0 Å². The van der Waals surface area contributed by atoms with Crippen molar-refractivity contribution in [3.63, 3.8) is 0 Å². The van der Waals surface area contributed by atoms with E-state index in [-0.39, 0.29) is 0 Å². The van der Waals surface area contributed by atoms with Crippen molar-refractivity contribution in [1.82, 2.24) is 0 Å². The van der Waals surface area contributed by atoms with Gasteiger partial charge >= 0.3 is 50.4 Å². The quantitative estimate of drug-likeness (QED) is 0.504. The van der Waals surface area contributed by atoms with Crippen LogP contribution in [0.1, 0.15) is 0 Å². The molecule has 0 N–H and O–H groups in total. The summed E-state index contributed by atoms with van der Waals surface area (Å²) < 4.78 is 2.12. The summed E-state index contributed by atoms with van der Waals surface area (Å²) in [6.07, 6.45) is 2.07. The molecule has 0 nitrogen and oxygen atoms in total. The Labute approximate surface area is 50.5 Å². The van der Waals surface area contributed by atoms with Crippen molar-refractivity contribution in [2.75, 3.05) is 0 Å². The van der Waals surface area contributed by atoms with E-state index in [1.807, 2.05) is 0 Å². The zero-order chi connectivity index (χ0) is 4.12. The predicted octanol–water partition coefficient (Wildman–Crippen LogP) is 1.01. The van der Waals surface area contributed by atoms with Gasteiger partial charge in [-0.3, -0.25) is 0 Å². The second-order valence-corrected chi connectivity index (χ2v) is 2.06. The van der Waals surface area contributed by atoms with Gasteiger partial charge < -0.3 is 0 Å². The summed E-state index contributed by atoms with van der Waals surface area (Å²) in [7, 11) is 0. The van der Waals surface area contributed by atoms with Gasteiger partial charge in [0, 0.05) is 0 Å². The first kappa shape index (κ1) is 5.88. The van der Waals surface area contributed by atoms with Gasteiger partial charge in [-0.05, 0) is 0 Å². The molecule has 0 aliphatic carbocycles.